The molecule has 1 aromatic heterocycles. The maximum Gasteiger partial charge on any atom is 0.408 e. The molecule has 2 N–H and O–H groups in total. The molecular formula is C28H28N4O4. The number of carbonyl (C=O) groups excluding carboxylic acids is 2. The molecule has 184 valence electrons. The predicted octanol–water partition coefficient (Wildman–Crippen LogP) is 3.81. The molecule has 0 saturated heterocycles. The Labute approximate surface area is 208 Å². The van der Waals surface area contributed by atoms with Crippen molar-refractivity contribution in [2.45, 2.75) is 32.5 Å². The fourth-order valence-electron chi connectivity index (χ4n) is 3.91. The van der Waals surface area contributed by atoms with Gasteiger partial charge in [-0.25, -0.2) is 9.78 Å². The van der Waals surface area contributed by atoms with E-state index in [1.807, 2.05) is 73.7 Å². The van der Waals surface area contributed by atoms with Crippen LogP contribution in [0.1, 0.15) is 23.9 Å². The number of likely N-dealkylation sites (N-methyl/N-ethyl adjacent to an activating group) is 1. The number of ether oxygens (including phenoxy) is 1. The van der Waals surface area contributed by atoms with Crippen molar-refractivity contribution >= 4 is 22.9 Å². The summed E-state index contributed by atoms with van der Waals surface area (Å²) in [5.74, 6) is 0.0767. The Hall–Kier alpha value is -4.46. The lowest BCUT2D eigenvalue weighted by Gasteiger charge is -2.26. The number of carbonyl (C=O) groups is 2. The summed E-state index contributed by atoms with van der Waals surface area (Å²) in [6, 6.07) is 25.0. The standard InChI is InChI=1S/C28H28N4O4/c1-2-32(18-25-29-23-16-10-9-15-22(23)26(33)31-25)27(34)24(17-20-11-5-3-6-12-20)30-28(35)36-19-21-13-7-4-8-14-21/h3-16,24H,2,17-19H2,1H3,(H,30,35)(H,29,31,33)/t24-/m0/s1. The van der Waals surface area contributed by atoms with Crippen molar-refractivity contribution in [2.75, 3.05) is 6.54 Å². The van der Waals surface area contributed by atoms with Crippen LogP contribution < -0.4 is 10.9 Å². The Balaban J connectivity index is 1.51. The highest BCUT2D eigenvalue weighted by molar-refractivity contribution is 5.86. The summed E-state index contributed by atoms with van der Waals surface area (Å²) in [4.78, 5) is 47.5. The van der Waals surface area contributed by atoms with Gasteiger partial charge >= 0.3 is 6.09 Å². The fraction of sp³-hybridized carbons (Fsp3) is 0.214. The minimum atomic E-state index is -0.859. The van der Waals surface area contributed by atoms with Crippen molar-refractivity contribution in [1.82, 2.24) is 20.2 Å². The highest BCUT2D eigenvalue weighted by Crippen LogP contribution is 2.11. The second kappa shape index (κ2) is 11.8. The third kappa shape index (κ3) is 6.35. The average Bonchev–Trinajstić information content (AvgIpc) is 2.91. The molecule has 0 spiro atoms. The quantitative estimate of drug-likeness (QED) is 0.376. The van der Waals surface area contributed by atoms with E-state index in [4.69, 9.17) is 4.74 Å². The third-order valence-electron chi connectivity index (χ3n) is 5.78. The topological polar surface area (TPSA) is 104 Å². The van der Waals surface area contributed by atoms with Crippen LogP contribution in [0.4, 0.5) is 4.79 Å². The minimum Gasteiger partial charge on any atom is -0.445 e. The lowest BCUT2D eigenvalue weighted by molar-refractivity contribution is -0.133. The number of fused-ring (bicyclic) bond motifs is 1. The normalized spacial score (nSPS) is 11.6. The predicted molar refractivity (Wildman–Crippen MR) is 137 cm³/mol. The summed E-state index contributed by atoms with van der Waals surface area (Å²) in [5, 5.41) is 3.22. The summed E-state index contributed by atoms with van der Waals surface area (Å²) < 4.78 is 5.36. The summed E-state index contributed by atoms with van der Waals surface area (Å²) in [6.45, 7) is 2.39. The van der Waals surface area contributed by atoms with E-state index in [1.54, 1.807) is 23.1 Å². The van der Waals surface area contributed by atoms with Crippen molar-refractivity contribution in [2.24, 2.45) is 0 Å². The molecule has 1 atom stereocenters. The number of benzene rings is 3. The van der Waals surface area contributed by atoms with E-state index in [9.17, 15) is 14.4 Å². The van der Waals surface area contributed by atoms with Crippen LogP contribution in [-0.2, 0) is 29.1 Å². The molecule has 1 heterocycles. The number of H-pyrrole nitrogens is 1. The SMILES string of the molecule is CCN(Cc1nc2ccccc2c(=O)[nH]1)C(=O)[C@H](Cc1ccccc1)NC(=O)OCc1ccccc1. The van der Waals surface area contributed by atoms with E-state index in [0.29, 0.717) is 23.3 Å². The van der Waals surface area contributed by atoms with Crippen molar-refractivity contribution in [3.05, 3.63) is 112 Å². The molecule has 3 aromatic carbocycles. The molecule has 8 nitrogen and oxygen atoms in total. The van der Waals surface area contributed by atoms with E-state index >= 15 is 0 Å². The molecule has 0 radical (unpaired) electrons. The van der Waals surface area contributed by atoms with Crippen LogP contribution in [0.3, 0.4) is 0 Å². The molecule has 0 aliphatic rings. The van der Waals surface area contributed by atoms with Crippen LogP contribution in [0.15, 0.2) is 89.7 Å². The number of aromatic amines is 1. The summed E-state index contributed by atoms with van der Waals surface area (Å²) in [5.41, 5.74) is 2.04. The van der Waals surface area contributed by atoms with E-state index in [0.717, 1.165) is 11.1 Å². The van der Waals surface area contributed by atoms with E-state index in [2.05, 4.69) is 15.3 Å². The molecule has 4 rings (SSSR count). The van der Waals surface area contributed by atoms with Gasteiger partial charge in [0.1, 0.15) is 18.5 Å². The molecular weight excluding hydrogens is 456 g/mol. The van der Waals surface area contributed by atoms with Gasteiger partial charge < -0.3 is 19.9 Å². The number of amides is 2. The lowest BCUT2D eigenvalue weighted by atomic mass is 10.0. The molecule has 0 saturated carbocycles. The Bertz CT molecular complexity index is 1370. The van der Waals surface area contributed by atoms with Gasteiger partial charge in [0.25, 0.3) is 5.56 Å². The number of hydrogen-bond donors (Lipinski definition) is 2. The monoisotopic (exact) mass is 484 g/mol. The number of nitrogens with zero attached hydrogens (tertiary/aromatic N) is 2. The van der Waals surface area contributed by atoms with Gasteiger partial charge in [0, 0.05) is 13.0 Å². The molecule has 0 unspecified atom stereocenters. The van der Waals surface area contributed by atoms with Crippen LogP contribution in [0, 0.1) is 0 Å². The van der Waals surface area contributed by atoms with Gasteiger partial charge in [-0.1, -0.05) is 72.8 Å². The molecule has 0 aliphatic carbocycles. The second-order valence-electron chi connectivity index (χ2n) is 8.33. The molecule has 0 bridgehead atoms. The van der Waals surface area contributed by atoms with Crippen LogP contribution in [-0.4, -0.2) is 39.5 Å². The van der Waals surface area contributed by atoms with Crippen molar-refractivity contribution in [1.29, 1.82) is 0 Å². The first-order valence-electron chi connectivity index (χ1n) is 11.8. The fourth-order valence-corrected chi connectivity index (χ4v) is 3.91. The van der Waals surface area contributed by atoms with E-state index in [1.165, 1.54) is 0 Å². The zero-order valence-corrected chi connectivity index (χ0v) is 20.0. The maximum atomic E-state index is 13.6. The van der Waals surface area contributed by atoms with Gasteiger partial charge in [-0.3, -0.25) is 9.59 Å². The number of aromatic nitrogens is 2. The zero-order valence-electron chi connectivity index (χ0n) is 20.0. The Morgan fingerprint density at radius 2 is 1.58 bits per heavy atom. The molecule has 8 heteroatoms. The zero-order chi connectivity index (χ0) is 25.3. The maximum absolute atomic E-state index is 13.6. The third-order valence-corrected chi connectivity index (χ3v) is 5.78. The van der Waals surface area contributed by atoms with Gasteiger partial charge in [-0.2, -0.15) is 0 Å². The Morgan fingerprint density at radius 3 is 2.28 bits per heavy atom. The van der Waals surface area contributed by atoms with Crippen LogP contribution in [0.5, 0.6) is 0 Å². The lowest BCUT2D eigenvalue weighted by Crippen LogP contribution is -2.49. The minimum absolute atomic E-state index is 0.0959. The highest BCUT2D eigenvalue weighted by atomic mass is 16.5. The second-order valence-corrected chi connectivity index (χ2v) is 8.33. The van der Waals surface area contributed by atoms with Crippen LogP contribution >= 0.6 is 0 Å². The number of para-hydroxylation sites is 1. The van der Waals surface area contributed by atoms with Gasteiger partial charge in [-0.05, 0) is 30.2 Å². The van der Waals surface area contributed by atoms with Gasteiger partial charge in [-0.15, -0.1) is 0 Å². The molecule has 0 aliphatic heterocycles. The first kappa shape index (κ1) is 24.7. The first-order valence-corrected chi connectivity index (χ1v) is 11.8. The Morgan fingerprint density at radius 1 is 0.944 bits per heavy atom. The summed E-state index contributed by atoms with van der Waals surface area (Å²) >= 11 is 0. The van der Waals surface area contributed by atoms with E-state index in [-0.39, 0.29) is 31.0 Å². The van der Waals surface area contributed by atoms with Gasteiger partial charge in [0.15, 0.2) is 0 Å². The molecule has 0 fully saturated rings. The number of hydrogen-bond acceptors (Lipinski definition) is 5. The van der Waals surface area contributed by atoms with Crippen LogP contribution in [0.2, 0.25) is 0 Å². The highest BCUT2D eigenvalue weighted by Gasteiger charge is 2.27. The molecule has 4 aromatic rings. The number of nitrogens with one attached hydrogen (secondary N) is 2. The van der Waals surface area contributed by atoms with Crippen molar-refractivity contribution < 1.29 is 14.3 Å². The molecule has 2 amide bonds. The first-order chi connectivity index (χ1) is 17.5. The largest absolute Gasteiger partial charge is 0.445 e. The summed E-state index contributed by atoms with van der Waals surface area (Å²) in [6.07, 6.45) is -0.389. The van der Waals surface area contributed by atoms with Crippen molar-refractivity contribution in [3.63, 3.8) is 0 Å². The van der Waals surface area contributed by atoms with E-state index < -0.39 is 12.1 Å². The van der Waals surface area contributed by atoms with Gasteiger partial charge in [0.05, 0.1) is 17.4 Å². The van der Waals surface area contributed by atoms with Crippen molar-refractivity contribution in [3.8, 4) is 0 Å². The van der Waals surface area contributed by atoms with Crippen LogP contribution in [0.25, 0.3) is 10.9 Å². The average molecular weight is 485 g/mol. The molecule has 36 heavy (non-hydrogen) atoms. The summed E-state index contributed by atoms with van der Waals surface area (Å²) in [7, 11) is 0. The smallest absolute Gasteiger partial charge is 0.408 e. The number of alkyl carbamates (subject to hydrolysis) is 1. The number of rotatable bonds is 9. The van der Waals surface area contributed by atoms with Gasteiger partial charge in [0.2, 0.25) is 5.91 Å². The Kier molecular flexibility index (Phi) is 8.08.